The van der Waals surface area contributed by atoms with Crippen LogP contribution in [0.4, 0.5) is 5.69 Å². The van der Waals surface area contributed by atoms with E-state index in [-0.39, 0.29) is 59.5 Å². The number of fused-ring (bicyclic) bond motifs is 1. The largest absolute Gasteiger partial charge is 0.465 e. The Morgan fingerprint density at radius 1 is 1.03 bits per heavy atom. The summed E-state index contributed by atoms with van der Waals surface area (Å²) in [5, 5.41) is 5.65. The van der Waals surface area contributed by atoms with Crippen molar-refractivity contribution in [3.05, 3.63) is 29.3 Å². The molecular weight excluding hydrogens is 454 g/mol. The minimum atomic E-state index is -0.940. The van der Waals surface area contributed by atoms with Gasteiger partial charge in [-0.3, -0.25) is 14.4 Å². The number of anilines is 1. The Balaban J connectivity index is 1.84. The molecule has 1 aliphatic carbocycles. The molecule has 1 saturated carbocycles. The first-order chi connectivity index (χ1) is 16.6. The molecule has 0 aromatic heterocycles. The summed E-state index contributed by atoms with van der Waals surface area (Å²) in [6, 6.07) is 2.86. The van der Waals surface area contributed by atoms with Gasteiger partial charge in [0.15, 0.2) is 0 Å². The quantitative estimate of drug-likeness (QED) is 0.564. The number of esters is 2. The molecule has 10 nitrogen and oxygen atoms in total. The van der Waals surface area contributed by atoms with E-state index >= 15 is 0 Å². The first-order valence-corrected chi connectivity index (χ1v) is 11.9. The van der Waals surface area contributed by atoms with Crippen molar-refractivity contribution in [1.29, 1.82) is 0 Å². The second-order valence-corrected chi connectivity index (χ2v) is 9.42. The standard InChI is InChI=1S/C25H33N3O7/c1-14(2)9-22(30)28-19-8-6-5-7-18(19)27-23(31)20(28)13-21(29)26-17-11-15(24(32)34-3)10-16(12-17)25(33)35-4/h10-12,14,18-20H,5-9,13H2,1-4H3,(H,26,29)(H,27,31)/t18-,19-,20+/m0/s1. The second kappa shape index (κ2) is 11.3. The predicted octanol–water partition coefficient (Wildman–Crippen LogP) is 2.27. The number of carbonyl (C=O) groups is 5. The third-order valence-corrected chi connectivity index (χ3v) is 6.36. The van der Waals surface area contributed by atoms with E-state index in [0.717, 1.165) is 25.7 Å². The third-order valence-electron chi connectivity index (χ3n) is 6.36. The van der Waals surface area contributed by atoms with E-state index in [0.29, 0.717) is 0 Å². The summed E-state index contributed by atoms with van der Waals surface area (Å²) in [6.07, 6.45) is 3.55. The number of nitrogens with zero attached hydrogens (tertiary/aromatic N) is 1. The topological polar surface area (TPSA) is 131 Å². The van der Waals surface area contributed by atoms with Gasteiger partial charge in [-0.1, -0.05) is 26.7 Å². The number of methoxy groups -OCH3 is 2. The van der Waals surface area contributed by atoms with Crippen LogP contribution in [0.25, 0.3) is 0 Å². The van der Waals surface area contributed by atoms with Gasteiger partial charge in [0, 0.05) is 18.2 Å². The molecule has 1 heterocycles. The second-order valence-electron chi connectivity index (χ2n) is 9.42. The summed E-state index contributed by atoms with van der Waals surface area (Å²) in [5.41, 5.74) is 0.282. The normalized spacial score (nSPS) is 21.6. The molecule has 1 saturated heterocycles. The maximum Gasteiger partial charge on any atom is 0.337 e. The van der Waals surface area contributed by atoms with Crippen LogP contribution >= 0.6 is 0 Å². The van der Waals surface area contributed by atoms with Gasteiger partial charge >= 0.3 is 11.9 Å². The van der Waals surface area contributed by atoms with Crippen LogP contribution in [0.3, 0.4) is 0 Å². The van der Waals surface area contributed by atoms with Crippen LogP contribution < -0.4 is 10.6 Å². The van der Waals surface area contributed by atoms with Gasteiger partial charge in [-0.25, -0.2) is 9.59 Å². The summed E-state index contributed by atoms with van der Waals surface area (Å²) in [6.45, 7) is 3.88. The maximum atomic E-state index is 13.2. The first kappa shape index (κ1) is 26.2. The zero-order valence-corrected chi connectivity index (χ0v) is 20.6. The molecule has 10 heteroatoms. The van der Waals surface area contributed by atoms with Gasteiger partial charge in [-0.2, -0.15) is 0 Å². The van der Waals surface area contributed by atoms with Gasteiger partial charge in [0.1, 0.15) is 6.04 Å². The number of benzene rings is 1. The number of amides is 3. The molecule has 3 rings (SSSR count). The van der Waals surface area contributed by atoms with E-state index < -0.39 is 23.9 Å². The summed E-state index contributed by atoms with van der Waals surface area (Å²) < 4.78 is 9.44. The summed E-state index contributed by atoms with van der Waals surface area (Å²) in [7, 11) is 2.41. The lowest BCUT2D eigenvalue weighted by molar-refractivity contribution is -0.152. The molecule has 35 heavy (non-hydrogen) atoms. The number of ether oxygens (including phenoxy) is 2. The molecular formula is C25H33N3O7. The third kappa shape index (κ3) is 6.17. The van der Waals surface area contributed by atoms with Gasteiger partial charge < -0.3 is 25.0 Å². The zero-order chi connectivity index (χ0) is 25.7. The van der Waals surface area contributed by atoms with Crippen molar-refractivity contribution in [1.82, 2.24) is 10.2 Å². The Kier molecular flexibility index (Phi) is 8.48. The smallest absolute Gasteiger partial charge is 0.337 e. The van der Waals surface area contributed by atoms with E-state index in [1.165, 1.54) is 32.4 Å². The fraction of sp³-hybridized carbons (Fsp3) is 0.560. The van der Waals surface area contributed by atoms with Crippen LogP contribution in [0, 0.1) is 5.92 Å². The number of carbonyl (C=O) groups excluding carboxylic acids is 5. The van der Waals surface area contributed by atoms with Crippen molar-refractivity contribution >= 4 is 35.3 Å². The van der Waals surface area contributed by atoms with Crippen molar-refractivity contribution in [2.24, 2.45) is 5.92 Å². The van der Waals surface area contributed by atoms with Crippen molar-refractivity contribution < 1.29 is 33.4 Å². The molecule has 0 unspecified atom stereocenters. The van der Waals surface area contributed by atoms with Gasteiger partial charge in [0.2, 0.25) is 17.7 Å². The average Bonchev–Trinajstić information content (AvgIpc) is 2.82. The zero-order valence-electron chi connectivity index (χ0n) is 20.6. The Labute approximate surface area is 204 Å². The molecule has 190 valence electrons. The van der Waals surface area contributed by atoms with Crippen LogP contribution in [0.1, 0.15) is 73.1 Å². The van der Waals surface area contributed by atoms with Crippen LogP contribution in [0.15, 0.2) is 18.2 Å². The number of hydrogen-bond donors (Lipinski definition) is 2. The minimum Gasteiger partial charge on any atom is -0.465 e. The van der Waals surface area contributed by atoms with Crippen LogP contribution in [-0.4, -0.2) is 66.9 Å². The van der Waals surface area contributed by atoms with Crippen LogP contribution in [-0.2, 0) is 23.9 Å². The highest BCUT2D eigenvalue weighted by Crippen LogP contribution is 2.31. The lowest BCUT2D eigenvalue weighted by Crippen LogP contribution is -2.68. The number of rotatable bonds is 7. The maximum absolute atomic E-state index is 13.2. The van der Waals surface area contributed by atoms with Crippen molar-refractivity contribution in [2.75, 3.05) is 19.5 Å². The SMILES string of the molecule is COC(=O)c1cc(NC(=O)C[C@@H]2C(=O)N[C@H]3CCCC[C@@H]3N2C(=O)CC(C)C)cc(C(=O)OC)c1. The Morgan fingerprint density at radius 3 is 2.20 bits per heavy atom. The Morgan fingerprint density at radius 2 is 1.63 bits per heavy atom. The highest BCUT2D eigenvalue weighted by atomic mass is 16.5. The minimum absolute atomic E-state index is 0.0555. The molecule has 3 amide bonds. The number of piperazine rings is 1. The van der Waals surface area contributed by atoms with E-state index in [1.807, 2.05) is 13.8 Å². The van der Waals surface area contributed by atoms with E-state index in [1.54, 1.807) is 4.90 Å². The van der Waals surface area contributed by atoms with E-state index in [2.05, 4.69) is 10.6 Å². The van der Waals surface area contributed by atoms with Crippen molar-refractivity contribution in [3.63, 3.8) is 0 Å². The summed E-state index contributed by atoms with van der Waals surface area (Å²) >= 11 is 0. The van der Waals surface area contributed by atoms with Gasteiger partial charge in [0.05, 0.1) is 37.8 Å². The van der Waals surface area contributed by atoms with Gasteiger partial charge in [-0.15, -0.1) is 0 Å². The highest BCUT2D eigenvalue weighted by Gasteiger charge is 2.45. The fourth-order valence-corrected chi connectivity index (χ4v) is 4.81. The summed E-state index contributed by atoms with van der Waals surface area (Å²) in [5.74, 6) is -2.27. The molecule has 2 fully saturated rings. The lowest BCUT2D eigenvalue weighted by atomic mass is 9.84. The molecule has 2 aliphatic rings. The number of hydrogen-bond acceptors (Lipinski definition) is 7. The van der Waals surface area contributed by atoms with Crippen molar-refractivity contribution in [2.45, 2.75) is 70.5 Å². The van der Waals surface area contributed by atoms with Gasteiger partial charge in [0.25, 0.3) is 0 Å². The fourth-order valence-electron chi connectivity index (χ4n) is 4.81. The predicted molar refractivity (Wildman–Crippen MR) is 127 cm³/mol. The molecule has 1 aromatic carbocycles. The Bertz CT molecular complexity index is 973. The highest BCUT2D eigenvalue weighted by molar-refractivity contribution is 6.01. The number of nitrogens with one attached hydrogen (secondary N) is 2. The molecule has 1 aromatic rings. The lowest BCUT2D eigenvalue weighted by Gasteiger charge is -2.48. The molecule has 1 aliphatic heterocycles. The van der Waals surface area contributed by atoms with E-state index in [4.69, 9.17) is 9.47 Å². The summed E-state index contributed by atoms with van der Waals surface area (Å²) in [4.78, 5) is 64.9. The molecule has 0 spiro atoms. The van der Waals surface area contributed by atoms with Gasteiger partial charge in [-0.05, 0) is 37.0 Å². The van der Waals surface area contributed by atoms with Crippen molar-refractivity contribution in [3.8, 4) is 0 Å². The molecule has 3 atom stereocenters. The monoisotopic (exact) mass is 487 g/mol. The molecule has 0 bridgehead atoms. The Hall–Kier alpha value is -3.43. The molecule has 0 radical (unpaired) electrons. The first-order valence-electron chi connectivity index (χ1n) is 11.9. The van der Waals surface area contributed by atoms with Crippen LogP contribution in [0.2, 0.25) is 0 Å². The molecule has 2 N–H and O–H groups in total. The average molecular weight is 488 g/mol. The van der Waals surface area contributed by atoms with E-state index in [9.17, 15) is 24.0 Å². The van der Waals surface area contributed by atoms with Crippen LogP contribution in [0.5, 0.6) is 0 Å².